The first-order valence-corrected chi connectivity index (χ1v) is 7.20. The molecule has 110 valence electrons. The molecule has 0 amide bonds. The van der Waals surface area contributed by atoms with Crippen molar-refractivity contribution in [2.75, 3.05) is 0 Å². The summed E-state index contributed by atoms with van der Waals surface area (Å²) in [5, 5.41) is 18.7. The second-order valence-corrected chi connectivity index (χ2v) is 5.55. The molecule has 2 aromatic rings. The van der Waals surface area contributed by atoms with E-state index in [1.165, 1.54) is 0 Å². The third-order valence-electron chi connectivity index (χ3n) is 4.21. The van der Waals surface area contributed by atoms with Gasteiger partial charge in [0.15, 0.2) is 0 Å². The molecule has 5 nitrogen and oxygen atoms in total. The van der Waals surface area contributed by atoms with Crippen molar-refractivity contribution in [3.8, 4) is 17.1 Å². The van der Waals surface area contributed by atoms with E-state index in [2.05, 4.69) is 9.55 Å². The lowest BCUT2D eigenvalue weighted by Gasteiger charge is -2.28. The molecule has 1 aliphatic carbocycles. The Labute approximate surface area is 122 Å². The summed E-state index contributed by atoms with van der Waals surface area (Å²) in [4.78, 5) is 15.4. The number of benzene rings is 1. The van der Waals surface area contributed by atoms with Gasteiger partial charge in [-0.15, -0.1) is 0 Å². The smallest absolute Gasteiger partial charge is 0.306 e. The molecule has 0 bridgehead atoms. The fourth-order valence-corrected chi connectivity index (χ4v) is 3.08. The van der Waals surface area contributed by atoms with Crippen molar-refractivity contribution in [3.05, 3.63) is 36.7 Å². The molecule has 1 aromatic carbocycles. The lowest BCUT2D eigenvalue weighted by atomic mass is 9.86. The number of nitrogens with zero attached hydrogens (tertiary/aromatic N) is 2. The first kappa shape index (κ1) is 13.7. The predicted octanol–water partition coefficient (Wildman–Crippen LogP) is 3.07. The monoisotopic (exact) mass is 286 g/mol. The molecule has 1 fully saturated rings. The van der Waals surface area contributed by atoms with Gasteiger partial charge in [-0.1, -0.05) is 12.1 Å². The number of carboxylic acid groups (broad SMARTS) is 1. The van der Waals surface area contributed by atoms with E-state index < -0.39 is 5.97 Å². The van der Waals surface area contributed by atoms with E-state index in [1.54, 1.807) is 24.4 Å². The van der Waals surface area contributed by atoms with Gasteiger partial charge in [-0.25, -0.2) is 4.98 Å². The largest absolute Gasteiger partial charge is 0.508 e. The Bertz CT molecular complexity index is 642. The van der Waals surface area contributed by atoms with Crippen LogP contribution in [0.3, 0.4) is 0 Å². The van der Waals surface area contributed by atoms with Crippen LogP contribution in [0.4, 0.5) is 0 Å². The molecule has 1 heterocycles. The second-order valence-electron chi connectivity index (χ2n) is 5.55. The van der Waals surface area contributed by atoms with Gasteiger partial charge in [-0.05, 0) is 37.8 Å². The maximum absolute atomic E-state index is 11.0. The fraction of sp³-hybridized carbons (Fsp3) is 0.375. The Hall–Kier alpha value is -2.30. The first-order valence-electron chi connectivity index (χ1n) is 7.20. The maximum atomic E-state index is 11.0. The van der Waals surface area contributed by atoms with E-state index in [1.807, 2.05) is 12.3 Å². The van der Waals surface area contributed by atoms with Crippen molar-refractivity contribution in [2.24, 2.45) is 5.92 Å². The minimum Gasteiger partial charge on any atom is -0.508 e. The van der Waals surface area contributed by atoms with Crippen molar-refractivity contribution in [3.63, 3.8) is 0 Å². The third-order valence-corrected chi connectivity index (χ3v) is 4.21. The highest BCUT2D eigenvalue weighted by molar-refractivity contribution is 5.70. The van der Waals surface area contributed by atoms with Gasteiger partial charge >= 0.3 is 5.97 Å². The topological polar surface area (TPSA) is 75.3 Å². The average Bonchev–Trinajstić information content (AvgIpc) is 2.97. The van der Waals surface area contributed by atoms with Gasteiger partial charge in [0.05, 0.1) is 5.92 Å². The highest BCUT2D eigenvalue weighted by Crippen LogP contribution is 2.35. The summed E-state index contributed by atoms with van der Waals surface area (Å²) in [6, 6.07) is 7.32. The van der Waals surface area contributed by atoms with Crippen LogP contribution in [-0.4, -0.2) is 25.7 Å². The molecule has 5 heteroatoms. The van der Waals surface area contributed by atoms with E-state index in [0.29, 0.717) is 12.8 Å². The molecule has 0 atom stereocenters. The van der Waals surface area contributed by atoms with Crippen molar-refractivity contribution in [2.45, 2.75) is 31.7 Å². The minimum absolute atomic E-state index is 0.214. The summed E-state index contributed by atoms with van der Waals surface area (Å²) >= 11 is 0. The summed E-state index contributed by atoms with van der Waals surface area (Å²) in [6.07, 6.45) is 6.79. The molecule has 3 rings (SSSR count). The summed E-state index contributed by atoms with van der Waals surface area (Å²) in [5.74, 6) is 0.141. The standard InChI is InChI=1S/C16H18N2O3/c19-14-3-1-2-12(10-14)15-17-8-9-18(15)13-6-4-11(5-7-13)16(20)21/h1-3,8-11,13,19H,4-7H2,(H,20,21). The van der Waals surface area contributed by atoms with Crippen LogP contribution in [0.1, 0.15) is 31.7 Å². The molecule has 1 saturated carbocycles. The normalized spacial score (nSPS) is 22.1. The van der Waals surface area contributed by atoms with E-state index in [-0.39, 0.29) is 17.7 Å². The molecule has 0 spiro atoms. The first-order chi connectivity index (χ1) is 10.1. The molecular weight excluding hydrogens is 268 g/mol. The zero-order valence-electron chi connectivity index (χ0n) is 11.6. The van der Waals surface area contributed by atoms with Gasteiger partial charge < -0.3 is 14.8 Å². The van der Waals surface area contributed by atoms with Crippen LogP contribution in [0.5, 0.6) is 5.75 Å². The van der Waals surface area contributed by atoms with Crippen LogP contribution in [-0.2, 0) is 4.79 Å². The van der Waals surface area contributed by atoms with Crippen LogP contribution in [0, 0.1) is 5.92 Å². The van der Waals surface area contributed by atoms with Gasteiger partial charge in [0.25, 0.3) is 0 Å². The molecule has 0 saturated heterocycles. The van der Waals surface area contributed by atoms with Gasteiger partial charge in [0.2, 0.25) is 0 Å². The van der Waals surface area contributed by atoms with E-state index in [9.17, 15) is 9.90 Å². The third kappa shape index (κ3) is 2.77. The number of hydrogen-bond acceptors (Lipinski definition) is 3. The zero-order chi connectivity index (χ0) is 14.8. The number of carbonyl (C=O) groups is 1. The Morgan fingerprint density at radius 2 is 2.00 bits per heavy atom. The van der Waals surface area contributed by atoms with Gasteiger partial charge in [-0.2, -0.15) is 0 Å². The van der Waals surface area contributed by atoms with E-state index in [0.717, 1.165) is 24.2 Å². The molecule has 2 N–H and O–H groups in total. The number of phenolic OH excluding ortho intramolecular Hbond substituents is 1. The molecule has 0 unspecified atom stereocenters. The van der Waals surface area contributed by atoms with Crippen molar-refractivity contribution in [1.29, 1.82) is 0 Å². The lowest BCUT2D eigenvalue weighted by molar-refractivity contribution is -0.143. The van der Waals surface area contributed by atoms with Gasteiger partial charge in [0, 0.05) is 24.0 Å². The molecule has 0 aliphatic heterocycles. The van der Waals surface area contributed by atoms with Gasteiger partial charge in [-0.3, -0.25) is 4.79 Å². The predicted molar refractivity (Wildman–Crippen MR) is 78.0 cm³/mol. The van der Waals surface area contributed by atoms with Crippen LogP contribution in [0.2, 0.25) is 0 Å². The quantitative estimate of drug-likeness (QED) is 0.909. The average molecular weight is 286 g/mol. The number of phenols is 1. The van der Waals surface area contributed by atoms with E-state index in [4.69, 9.17) is 5.11 Å². The van der Waals surface area contributed by atoms with Crippen LogP contribution in [0.25, 0.3) is 11.4 Å². The Kier molecular flexibility index (Phi) is 3.64. The van der Waals surface area contributed by atoms with Crippen molar-refractivity contribution < 1.29 is 15.0 Å². The van der Waals surface area contributed by atoms with Gasteiger partial charge in [0.1, 0.15) is 11.6 Å². The van der Waals surface area contributed by atoms with E-state index >= 15 is 0 Å². The Balaban J connectivity index is 1.82. The summed E-state index contributed by atoms with van der Waals surface area (Å²) in [6.45, 7) is 0. The van der Waals surface area contributed by atoms with Crippen LogP contribution in [0.15, 0.2) is 36.7 Å². The maximum Gasteiger partial charge on any atom is 0.306 e. The molecule has 1 aliphatic rings. The summed E-state index contributed by atoms with van der Waals surface area (Å²) in [7, 11) is 0. The molecule has 1 aromatic heterocycles. The number of aromatic hydroxyl groups is 1. The van der Waals surface area contributed by atoms with Crippen LogP contribution >= 0.6 is 0 Å². The minimum atomic E-state index is -0.688. The van der Waals surface area contributed by atoms with Crippen LogP contribution < -0.4 is 0 Å². The van der Waals surface area contributed by atoms with Crippen molar-refractivity contribution >= 4 is 5.97 Å². The second kappa shape index (κ2) is 5.60. The lowest BCUT2D eigenvalue weighted by Crippen LogP contribution is -2.23. The summed E-state index contributed by atoms with van der Waals surface area (Å²) in [5.41, 5.74) is 0.875. The molecule has 21 heavy (non-hydrogen) atoms. The fourth-order valence-electron chi connectivity index (χ4n) is 3.08. The number of imidazole rings is 1. The highest BCUT2D eigenvalue weighted by atomic mass is 16.4. The number of hydrogen-bond donors (Lipinski definition) is 2. The van der Waals surface area contributed by atoms with Crippen molar-refractivity contribution in [1.82, 2.24) is 9.55 Å². The summed E-state index contributed by atoms with van der Waals surface area (Å²) < 4.78 is 2.10. The Morgan fingerprint density at radius 1 is 1.24 bits per heavy atom. The molecular formula is C16H18N2O3. The number of aromatic nitrogens is 2. The number of aliphatic carboxylic acids is 1. The molecule has 0 radical (unpaired) electrons. The zero-order valence-corrected chi connectivity index (χ0v) is 11.6. The SMILES string of the molecule is O=C(O)C1CCC(n2ccnc2-c2cccc(O)c2)CC1. The Morgan fingerprint density at radius 3 is 2.67 bits per heavy atom. The number of carboxylic acids is 1. The highest BCUT2D eigenvalue weighted by Gasteiger charge is 2.27. The number of rotatable bonds is 3.